The third-order valence-electron chi connectivity index (χ3n) is 2.55. The molecule has 1 fully saturated rings. The third kappa shape index (κ3) is 2.00. The van der Waals surface area contributed by atoms with Crippen molar-refractivity contribution in [1.29, 1.82) is 0 Å². The van der Waals surface area contributed by atoms with Gasteiger partial charge in [-0.25, -0.2) is 0 Å². The molecule has 5 unspecified atom stereocenters. The molecule has 13 heavy (non-hydrogen) atoms. The first-order valence-electron chi connectivity index (χ1n) is 4.34. The molecule has 1 aliphatic heterocycles. The quantitative estimate of drug-likeness (QED) is 0.504. The lowest BCUT2D eigenvalue weighted by Gasteiger charge is -2.40. The van der Waals surface area contributed by atoms with Crippen molar-refractivity contribution in [2.75, 3.05) is 13.7 Å². The summed E-state index contributed by atoms with van der Waals surface area (Å²) in [6.45, 7) is 1.65. The Morgan fingerprint density at radius 2 is 2.15 bits per heavy atom. The Bertz CT molecular complexity index is 146. The fourth-order valence-corrected chi connectivity index (χ4v) is 1.54. The van der Waals surface area contributed by atoms with Crippen molar-refractivity contribution in [2.45, 2.75) is 31.5 Å². The van der Waals surface area contributed by atoms with Gasteiger partial charge in [0, 0.05) is 13.0 Å². The molecule has 0 aliphatic carbocycles. The number of ether oxygens (including phenoxy) is 2. The second-order valence-corrected chi connectivity index (χ2v) is 3.39. The first-order valence-corrected chi connectivity index (χ1v) is 4.34. The van der Waals surface area contributed by atoms with Crippen molar-refractivity contribution in [3.8, 4) is 0 Å². The average Bonchev–Trinajstić information content (AvgIpc) is 2.15. The molecule has 0 amide bonds. The maximum absolute atomic E-state index is 9.65. The Kier molecular flexibility index (Phi) is 3.63. The average molecular weight is 191 g/mol. The van der Waals surface area contributed by atoms with Gasteiger partial charge in [0.05, 0.1) is 24.9 Å². The fourth-order valence-electron chi connectivity index (χ4n) is 1.54. The zero-order valence-electron chi connectivity index (χ0n) is 7.88. The zero-order valence-corrected chi connectivity index (χ0v) is 7.88. The summed E-state index contributed by atoms with van der Waals surface area (Å²) in [7, 11) is 1.46. The number of hydrogen-bond donors (Lipinski definition) is 3. The van der Waals surface area contributed by atoms with Crippen LogP contribution in [-0.2, 0) is 9.47 Å². The highest BCUT2D eigenvalue weighted by atomic mass is 16.7. The van der Waals surface area contributed by atoms with Crippen LogP contribution in [0, 0.1) is 5.92 Å². The van der Waals surface area contributed by atoms with Crippen molar-refractivity contribution in [1.82, 2.24) is 0 Å². The Morgan fingerprint density at radius 1 is 1.54 bits per heavy atom. The molecule has 5 heteroatoms. The maximum atomic E-state index is 9.65. The fraction of sp³-hybridized carbons (Fsp3) is 1.00. The smallest absolute Gasteiger partial charge is 0.175 e. The molecule has 0 aromatic heterocycles. The van der Waals surface area contributed by atoms with Gasteiger partial charge in [-0.1, -0.05) is 6.92 Å². The summed E-state index contributed by atoms with van der Waals surface area (Å²) in [6.07, 6.45) is -1.74. The highest BCUT2D eigenvalue weighted by Crippen LogP contribution is 2.24. The summed E-state index contributed by atoms with van der Waals surface area (Å²) in [4.78, 5) is 0. The molecule has 5 atom stereocenters. The first kappa shape index (κ1) is 10.9. The molecule has 1 rings (SSSR count). The minimum atomic E-state index is -0.698. The van der Waals surface area contributed by atoms with Gasteiger partial charge in [0.1, 0.15) is 0 Å². The van der Waals surface area contributed by atoms with Crippen LogP contribution in [-0.4, -0.2) is 48.5 Å². The van der Waals surface area contributed by atoms with Gasteiger partial charge in [-0.15, -0.1) is 0 Å². The van der Waals surface area contributed by atoms with Crippen LogP contribution in [0.4, 0.5) is 0 Å². The van der Waals surface area contributed by atoms with Crippen LogP contribution >= 0.6 is 0 Å². The minimum absolute atomic E-state index is 0.134. The SMILES string of the molecule is COC1OC(CO)C(C)C(O)C1N. The molecular formula is C8H17NO4. The molecule has 0 aromatic carbocycles. The van der Waals surface area contributed by atoms with Gasteiger partial charge in [0.2, 0.25) is 0 Å². The van der Waals surface area contributed by atoms with E-state index in [1.165, 1.54) is 7.11 Å². The standard InChI is InChI=1S/C8H17NO4/c1-4-5(3-10)13-8(12-2)6(9)7(4)11/h4-8,10-11H,3,9H2,1-2H3. The molecule has 0 aromatic rings. The van der Waals surface area contributed by atoms with Crippen LogP contribution in [0.1, 0.15) is 6.92 Å². The van der Waals surface area contributed by atoms with Crippen LogP contribution in [0.15, 0.2) is 0 Å². The Hall–Kier alpha value is -0.200. The van der Waals surface area contributed by atoms with Gasteiger partial charge in [0.15, 0.2) is 6.29 Å². The molecule has 0 radical (unpaired) electrons. The van der Waals surface area contributed by atoms with Gasteiger partial charge in [0.25, 0.3) is 0 Å². The summed E-state index contributed by atoms with van der Waals surface area (Å²) in [6, 6.07) is -0.553. The predicted molar refractivity (Wildman–Crippen MR) is 45.9 cm³/mol. The topological polar surface area (TPSA) is 84.9 Å². The molecule has 0 spiro atoms. The van der Waals surface area contributed by atoms with E-state index in [0.717, 1.165) is 0 Å². The third-order valence-corrected chi connectivity index (χ3v) is 2.55. The van der Waals surface area contributed by atoms with Gasteiger partial charge in [-0.3, -0.25) is 0 Å². The minimum Gasteiger partial charge on any atom is -0.394 e. The van der Waals surface area contributed by atoms with E-state index >= 15 is 0 Å². The predicted octanol–water partition coefficient (Wildman–Crippen LogP) is -1.33. The lowest BCUT2D eigenvalue weighted by molar-refractivity contribution is -0.240. The van der Waals surface area contributed by atoms with E-state index in [-0.39, 0.29) is 12.5 Å². The Labute approximate surface area is 77.4 Å². The van der Waals surface area contributed by atoms with E-state index in [4.69, 9.17) is 20.3 Å². The van der Waals surface area contributed by atoms with Crippen molar-refractivity contribution >= 4 is 0 Å². The van der Waals surface area contributed by atoms with Gasteiger partial charge in [-0.2, -0.15) is 0 Å². The molecule has 1 heterocycles. The Morgan fingerprint density at radius 3 is 2.62 bits per heavy atom. The highest BCUT2D eigenvalue weighted by Gasteiger charge is 2.40. The normalized spacial score (nSPS) is 46.4. The molecule has 1 saturated heterocycles. The first-order chi connectivity index (χ1) is 6.11. The van der Waals surface area contributed by atoms with E-state index in [1.807, 2.05) is 0 Å². The number of rotatable bonds is 2. The Balaban J connectivity index is 2.66. The highest BCUT2D eigenvalue weighted by molar-refractivity contribution is 4.88. The number of aliphatic hydroxyl groups excluding tert-OH is 2. The van der Waals surface area contributed by atoms with Gasteiger partial charge in [-0.05, 0) is 0 Å². The van der Waals surface area contributed by atoms with E-state index in [2.05, 4.69) is 0 Å². The van der Waals surface area contributed by atoms with Crippen LogP contribution in [0.5, 0.6) is 0 Å². The van der Waals surface area contributed by atoms with Crippen molar-refractivity contribution in [2.24, 2.45) is 11.7 Å². The molecular weight excluding hydrogens is 174 g/mol. The molecule has 0 saturated carbocycles. The largest absolute Gasteiger partial charge is 0.394 e. The summed E-state index contributed by atoms with van der Waals surface area (Å²) < 4.78 is 10.3. The molecule has 1 aliphatic rings. The van der Waals surface area contributed by atoms with Gasteiger partial charge >= 0.3 is 0 Å². The summed E-state index contributed by atoms with van der Waals surface area (Å²) in [5.74, 6) is -0.175. The second-order valence-electron chi connectivity index (χ2n) is 3.39. The van der Waals surface area contributed by atoms with Crippen LogP contribution in [0.25, 0.3) is 0 Å². The lowest BCUT2D eigenvalue weighted by atomic mass is 9.90. The summed E-state index contributed by atoms with van der Waals surface area (Å²) >= 11 is 0. The molecule has 0 bridgehead atoms. The summed E-state index contributed by atoms with van der Waals surface area (Å²) in [5.41, 5.74) is 5.66. The number of methoxy groups -OCH3 is 1. The second kappa shape index (κ2) is 4.34. The summed E-state index contributed by atoms with van der Waals surface area (Å²) in [5, 5.41) is 18.6. The van der Waals surface area contributed by atoms with E-state index < -0.39 is 24.5 Å². The van der Waals surface area contributed by atoms with Crippen LogP contribution in [0.3, 0.4) is 0 Å². The van der Waals surface area contributed by atoms with E-state index in [1.54, 1.807) is 6.92 Å². The van der Waals surface area contributed by atoms with Crippen LogP contribution < -0.4 is 5.73 Å². The van der Waals surface area contributed by atoms with Crippen molar-refractivity contribution in [3.05, 3.63) is 0 Å². The van der Waals surface area contributed by atoms with Crippen molar-refractivity contribution in [3.63, 3.8) is 0 Å². The molecule has 4 N–H and O–H groups in total. The van der Waals surface area contributed by atoms with Crippen LogP contribution in [0.2, 0.25) is 0 Å². The number of aliphatic hydroxyl groups is 2. The monoisotopic (exact) mass is 191 g/mol. The van der Waals surface area contributed by atoms with E-state index in [9.17, 15) is 5.11 Å². The zero-order chi connectivity index (χ0) is 10.0. The number of nitrogens with two attached hydrogens (primary N) is 1. The lowest BCUT2D eigenvalue weighted by Crippen LogP contribution is -2.58. The molecule has 78 valence electrons. The molecule has 5 nitrogen and oxygen atoms in total. The van der Waals surface area contributed by atoms with Crippen molar-refractivity contribution < 1.29 is 19.7 Å². The maximum Gasteiger partial charge on any atom is 0.175 e. The van der Waals surface area contributed by atoms with E-state index in [0.29, 0.717) is 0 Å². The number of hydrogen-bond acceptors (Lipinski definition) is 5. The van der Waals surface area contributed by atoms with Gasteiger partial charge < -0.3 is 25.4 Å².